The van der Waals surface area contributed by atoms with Crippen molar-refractivity contribution in [3.63, 3.8) is 0 Å². The van der Waals surface area contributed by atoms with E-state index in [2.05, 4.69) is 25.1 Å². The van der Waals surface area contributed by atoms with Crippen LogP contribution in [-0.4, -0.2) is 69.7 Å². The van der Waals surface area contributed by atoms with Crippen molar-refractivity contribution >= 4 is 11.9 Å². The lowest BCUT2D eigenvalue weighted by Crippen LogP contribution is -2.45. The first kappa shape index (κ1) is 18.2. The summed E-state index contributed by atoms with van der Waals surface area (Å²) in [7, 11) is 1.89. The topological polar surface area (TPSA) is 78.6 Å². The third-order valence-electron chi connectivity index (χ3n) is 4.24. The Kier molecular flexibility index (Phi) is 6.57. The fourth-order valence-corrected chi connectivity index (χ4v) is 2.90. The minimum Gasteiger partial charge on any atom is -0.357 e. The molecule has 0 fully saturated rings. The first-order valence-electron chi connectivity index (χ1n) is 8.78. The Hall–Kier alpha value is -2.12. The molecule has 1 N–H and O–H groups in total. The van der Waals surface area contributed by atoms with Gasteiger partial charge < -0.3 is 19.7 Å². The predicted molar refractivity (Wildman–Crippen MR) is 93.7 cm³/mol. The van der Waals surface area contributed by atoms with Crippen LogP contribution in [0.2, 0.25) is 0 Å². The van der Waals surface area contributed by atoms with E-state index in [9.17, 15) is 4.79 Å². The Morgan fingerprint density at radius 2 is 2.04 bits per heavy atom. The van der Waals surface area contributed by atoms with E-state index >= 15 is 0 Å². The number of fused-ring (bicyclic) bond motifs is 1. The van der Waals surface area contributed by atoms with E-state index in [1.165, 1.54) is 0 Å². The molecule has 0 unspecified atom stereocenters. The van der Waals surface area contributed by atoms with Crippen LogP contribution in [0.1, 0.15) is 38.8 Å². The molecular formula is C16H29N7O. The highest BCUT2D eigenvalue weighted by Crippen LogP contribution is 2.14. The second-order valence-electron chi connectivity index (χ2n) is 5.88. The summed E-state index contributed by atoms with van der Waals surface area (Å²) < 4.78 is 2.15. The smallest absolute Gasteiger partial charge is 0.242 e. The summed E-state index contributed by atoms with van der Waals surface area (Å²) in [5.74, 6) is 2.77. The molecule has 8 heteroatoms. The van der Waals surface area contributed by atoms with Gasteiger partial charge in [-0.25, -0.2) is 4.99 Å². The standard InChI is InChI=1S/C16H29N7O/c1-5-17-16(21(4)12-15(24)22(6-2)7-3)18-11-14-20-19-13-9-8-10-23(13)14/h5-12H2,1-4H3,(H,17,18). The maximum Gasteiger partial charge on any atom is 0.242 e. The summed E-state index contributed by atoms with van der Waals surface area (Å²) in [4.78, 5) is 20.6. The average molecular weight is 335 g/mol. The van der Waals surface area contributed by atoms with Crippen LogP contribution in [0.15, 0.2) is 4.99 Å². The number of guanidine groups is 1. The van der Waals surface area contributed by atoms with Crippen LogP contribution in [0.3, 0.4) is 0 Å². The van der Waals surface area contributed by atoms with Gasteiger partial charge >= 0.3 is 0 Å². The van der Waals surface area contributed by atoms with Crippen LogP contribution in [0, 0.1) is 0 Å². The number of aliphatic imine (C=N–C) groups is 1. The molecule has 2 rings (SSSR count). The molecular weight excluding hydrogens is 306 g/mol. The van der Waals surface area contributed by atoms with Crippen LogP contribution >= 0.6 is 0 Å². The summed E-state index contributed by atoms with van der Waals surface area (Å²) >= 11 is 0. The van der Waals surface area contributed by atoms with Crippen LogP contribution in [0.4, 0.5) is 0 Å². The molecule has 0 spiro atoms. The van der Waals surface area contributed by atoms with Gasteiger partial charge in [-0.05, 0) is 27.2 Å². The van der Waals surface area contributed by atoms with E-state index in [1.807, 2.05) is 37.6 Å². The van der Waals surface area contributed by atoms with Crippen LogP contribution in [0.5, 0.6) is 0 Å². The summed E-state index contributed by atoms with van der Waals surface area (Å²) in [6, 6.07) is 0. The molecule has 1 aliphatic heterocycles. The van der Waals surface area contributed by atoms with Crippen molar-refractivity contribution in [2.24, 2.45) is 4.99 Å². The van der Waals surface area contributed by atoms with E-state index in [0.717, 1.165) is 50.7 Å². The van der Waals surface area contributed by atoms with E-state index in [4.69, 9.17) is 0 Å². The summed E-state index contributed by atoms with van der Waals surface area (Å²) in [5, 5.41) is 11.7. The number of aryl methyl sites for hydroxylation is 1. The summed E-state index contributed by atoms with van der Waals surface area (Å²) in [6.07, 6.45) is 2.12. The van der Waals surface area contributed by atoms with Gasteiger partial charge in [0.1, 0.15) is 12.4 Å². The lowest BCUT2D eigenvalue weighted by molar-refractivity contribution is -0.131. The van der Waals surface area contributed by atoms with Gasteiger partial charge in [-0.1, -0.05) is 0 Å². The Labute approximate surface area is 143 Å². The molecule has 2 heterocycles. The highest BCUT2D eigenvalue weighted by atomic mass is 16.2. The Morgan fingerprint density at radius 3 is 2.71 bits per heavy atom. The Bertz CT molecular complexity index is 577. The molecule has 134 valence electrons. The zero-order chi connectivity index (χ0) is 17.5. The number of likely N-dealkylation sites (N-methyl/N-ethyl adjacent to an activating group) is 2. The van der Waals surface area contributed by atoms with E-state index < -0.39 is 0 Å². The monoisotopic (exact) mass is 335 g/mol. The number of hydrogen-bond acceptors (Lipinski definition) is 4. The highest BCUT2D eigenvalue weighted by molar-refractivity contribution is 5.86. The number of hydrogen-bond donors (Lipinski definition) is 1. The fourth-order valence-electron chi connectivity index (χ4n) is 2.90. The van der Waals surface area contributed by atoms with Gasteiger partial charge in [0.05, 0.1) is 6.54 Å². The van der Waals surface area contributed by atoms with Gasteiger partial charge in [0.25, 0.3) is 0 Å². The molecule has 0 saturated heterocycles. The second kappa shape index (κ2) is 8.65. The minimum atomic E-state index is 0.108. The van der Waals surface area contributed by atoms with Crippen molar-refractivity contribution in [2.45, 2.75) is 46.7 Å². The zero-order valence-corrected chi connectivity index (χ0v) is 15.2. The SMILES string of the molecule is CCNC(=NCc1nnc2n1CCC2)N(C)CC(=O)N(CC)CC. The van der Waals surface area contributed by atoms with Crippen LogP contribution in [0.25, 0.3) is 0 Å². The van der Waals surface area contributed by atoms with Crippen molar-refractivity contribution in [1.29, 1.82) is 0 Å². The van der Waals surface area contributed by atoms with Gasteiger partial charge in [-0.2, -0.15) is 0 Å². The first-order chi connectivity index (χ1) is 11.6. The van der Waals surface area contributed by atoms with Gasteiger partial charge in [-0.3, -0.25) is 4.79 Å². The maximum atomic E-state index is 12.3. The molecule has 0 bridgehead atoms. The lowest BCUT2D eigenvalue weighted by atomic mass is 10.4. The first-order valence-corrected chi connectivity index (χ1v) is 8.78. The summed E-state index contributed by atoms with van der Waals surface area (Å²) in [6.45, 7) is 9.96. The number of nitrogens with zero attached hydrogens (tertiary/aromatic N) is 6. The van der Waals surface area contributed by atoms with Gasteiger partial charge in [0.15, 0.2) is 11.8 Å². The number of amides is 1. The molecule has 0 aromatic carbocycles. The zero-order valence-electron chi connectivity index (χ0n) is 15.2. The number of carbonyl (C=O) groups excluding carboxylic acids is 1. The number of carbonyl (C=O) groups is 1. The normalized spacial score (nSPS) is 13.8. The molecule has 24 heavy (non-hydrogen) atoms. The predicted octanol–water partition coefficient (Wildman–Crippen LogP) is 0.490. The molecule has 0 atom stereocenters. The fraction of sp³-hybridized carbons (Fsp3) is 0.750. The molecule has 0 saturated carbocycles. The maximum absolute atomic E-state index is 12.3. The quantitative estimate of drug-likeness (QED) is 0.579. The summed E-state index contributed by atoms with van der Waals surface area (Å²) in [5.41, 5.74) is 0. The second-order valence-corrected chi connectivity index (χ2v) is 5.88. The molecule has 0 radical (unpaired) electrons. The van der Waals surface area contributed by atoms with Crippen molar-refractivity contribution in [2.75, 3.05) is 33.2 Å². The number of rotatable bonds is 7. The molecule has 8 nitrogen and oxygen atoms in total. The van der Waals surface area contributed by atoms with Crippen molar-refractivity contribution in [3.8, 4) is 0 Å². The molecule has 1 amide bonds. The number of aromatic nitrogens is 3. The highest BCUT2D eigenvalue weighted by Gasteiger charge is 2.18. The van der Waals surface area contributed by atoms with E-state index in [-0.39, 0.29) is 5.91 Å². The van der Waals surface area contributed by atoms with Crippen molar-refractivity contribution < 1.29 is 4.79 Å². The third-order valence-corrected chi connectivity index (χ3v) is 4.24. The van der Waals surface area contributed by atoms with Gasteiger partial charge in [-0.15, -0.1) is 10.2 Å². The van der Waals surface area contributed by atoms with E-state index in [1.54, 1.807) is 0 Å². The molecule has 1 aliphatic rings. The Balaban J connectivity index is 2.02. The molecule has 1 aromatic heterocycles. The van der Waals surface area contributed by atoms with Gasteiger partial charge in [0, 0.05) is 39.6 Å². The average Bonchev–Trinajstić information content (AvgIpc) is 3.16. The van der Waals surface area contributed by atoms with Crippen molar-refractivity contribution in [1.82, 2.24) is 29.9 Å². The number of nitrogens with one attached hydrogen (secondary N) is 1. The molecule has 0 aliphatic carbocycles. The minimum absolute atomic E-state index is 0.108. The molecule has 1 aromatic rings. The Morgan fingerprint density at radius 1 is 1.29 bits per heavy atom. The van der Waals surface area contributed by atoms with Crippen LogP contribution < -0.4 is 5.32 Å². The van der Waals surface area contributed by atoms with Crippen molar-refractivity contribution in [3.05, 3.63) is 11.6 Å². The van der Waals surface area contributed by atoms with Crippen LogP contribution in [-0.2, 0) is 24.3 Å². The van der Waals surface area contributed by atoms with E-state index in [0.29, 0.717) is 19.0 Å². The third kappa shape index (κ3) is 4.24. The van der Waals surface area contributed by atoms with Gasteiger partial charge in [0.2, 0.25) is 5.91 Å². The largest absolute Gasteiger partial charge is 0.357 e. The lowest BCUT2D eigenvalue weighted by Gasteiger charge is -2.25.